The minimum atomic E-state index is -0.357. The Labute approximate surface area is 131 Å². The molecule has 0 fully saturated rings. The van der Waals surface area contributed by atoms with E-state index < -0.39 is 0 Å². The summed E-state index contributed by atoms with van der Waals surface area (Å²) in [5.41, 5.74) is 6.89. The van der Waals surface area contributed by atoms with E-state index in [1.54, 1.807) is 12.1 Å². The maximum absolute atomic E-state index is 11.5. The average molecular weight is 314 g/mol. The first-order valence-electron chi connectivity index (χ1n) is 7.39. The Hall–Kier alpha value is -1.26. The molecule has 21 heavy (non-hydrogen) atoms. The molecule has 0 saturated heterocycles. The first-order chi connectivity index (χ1) is 10.1. The van der Waals surface area contributed by atoms with Gasteiger partial charge < -0.3 is 15.2 Å². The number of esters is 1. The van der Waals surface area contributed by atoms with Gasteiger partial charge in [-0.15, -0.1) is 0 Å². The summed E-state index contributed by atoms with van der Waals surface area (Å²) < 4.78 is 10.6. The van der Waals surface area contributed by atoms with Gasteiger partial charge in [0.15, 0.2) is 6.61 Å². The molecular formula is C16H24ClNO3. The Kier molecular flexibility index (Phi) is 8.16. The normalized spacial score (nSPS) is 12.0. The lowest BCUT2D eigenvalue weighted by Gasteiger charge is -2.14. The minimum absolute atomic E-state index is 0.0438. The van der Waals surface area contributed by atoms with Gasteiger partial charge in [-0.05, 0) is 43.0 Å². The van der Waals surface area contributed by atoms with E-state index >= 15 is 0 Å². The molecule has 1 aromatic carbocycles. The van der Waals surface area contributed by atoms with Crippen molar-refractivity contribution in [3.63, 3.8) is 0 Å². The molecule has 1 rings (SSSR count). The summed E-state index contributed by atoms with van der Waals surface area (Å²) in [7, 11) is 0. The molecule has 0 aliphatic carbocycles. The number of nitrogens with two attached hydrogens (primary N) is 1. The van der Waals surface area contributed by atoms with Crippen molar-refractivity contribution >= 4 is 17.6 Å². The van der Waals surface area contributed by atoms with Crippen LogP contribution < -0.4 is 10.5 Å². The van der Waals surface area contributed by atoms with Gasteiger partial charge in [0.25, 0.3) is 0 Å². The highest BCUT2D eigenvalue weighted by molar-refractivity contribution is 6.30. The van der Waals surface area contributed by atoms with Crippen LogP contribution in [-0.4, -0.2) is 25.2 Å². The molecule has 0 heterocycles. The van der Waals surface area contributed by atoms with Crippen LogP contribution in [-0.2, 0) is 16.0 Å². The molecular weight excluding hydrogens is 290 g/mol. The van der Waals surface area contributed by atoms with Gasteiger partial charge in [-0.1, -0.05) is 31.9 Å². The van der Waals surface area contributed by atoms with E-state index in [0.717, 1.165) is 24.8 Å². The monoisotopic (exact) mass is 313 g/mol. The minimum Gasteiger partial charge on any atom is -0.482 e. The van der Waals surface area contributed by atoms with Crippen molar-refractivity contribution in [3.8, 4) is 5.75 Å². The van der Waals surface area contributed by atoms with Crippen LogP contribution in [0.25, 0.3) is 0 Å². The standard InChI is InChI=1S/C16H24ClNO3/c1-3-5-8-20-16(19)11-21-15-7-6-13(17)9-12(15)10-14(18)4-2/h6-7,9,14H,3-5,8,10-11,18H2,1-2H3. The van der Waals surface area contributed by atoms with Crippen LogP contribution >= 0.6 is 11.6 Å². The lowest BCUT2D eigenvalue weighted by molar-refractivity contribution is -0.146. The summed E-state index contributed by atoms with van der Waals surface area (Å²) in [6.45, 7) is 4.41. The zero-order valence-corrected chi connectivity index (χ0v) is 13.5. The highest BCUT2D eigenvalue weighted by atomic mass is 35.5. The van der Waals surface area contributed by atoms with Gasteiger partial charge in [-0.25, -0.2) is 4.79 Å². The molecule has 0 radical (unpaired) electrons. The van der Waals surface area contributed by atoms with Crippen molar-refractivity contribution in [2.45, 2.75) is 45.6 Å². The quantitative estimate of drug-likeness (QED) is 0.561. The Balaban J connectivity index is 2.59. The van der Waals surface area contributed by atoms with E-state index in [1.165, 1.54) is 0 Å². The molecule has 1 unspecified atom stereocenters. The van der Waals surface area contributed by atoms with E-state index in [2.05, 4.69) is 0 Å². The average Bonchev–Trinajstić information content (AvgIpc) is 2.46. The number of carbonyl (C=O) groups is 1. The third-order valence-electron chi connectivity index (χ3n) is 3.14. The topological polar surface area (TPSA) is 61.5 Å². The van der Waals surface area contributed by atoms with Crippen molar-refractivity contribution in [1.82, 2.24) is 0 Å². The lowest BCUT2D eigenvalue weighted by atomic mass is 10.0. The Bertz CT molecular complexity index is 451. The van der Waals surface area contributed by atoms with Crippen LogP contribution in [0.3, 0.4) is 0 Å². The molecule has 0 amide bonds. The third kappa shape index (κ3) is 6.82. The van der Waals surface area contributed by atoms with Gasteiger partial charge in [0.1, 0.15) is 5.75 Å². The molecule has 1 atom stereocenters. The van der Waals surface area contributed by atoms with Gasteiger partial charge in [-0.2, -0.15) is 0 Å². The number of rotatable bonds is 9. The SMILES string of the molecule is CCCCOC(=O)COc1ccc(Cl)cc1CC(N)CC. The molecule has 0 spiro atoms. The maximum atomic E-state index is 11.5. The molecule has 0 aromatic heterocycles. The number of ether oxygens (including phenoxy) is 2. The molecule has 0 bridgehead atoms. The number of halogens is 1. The molecule has 0 aliphatic rings. The molecule has 118 valence electrons. The third-order valence-corrected chi connectivity index (χ3v) is 3.37. The van der Waals surface area contributed by atoms with Crippen LogP contribution in [0.1, 0.15) is 38.7 Å². The van der Waals surface area contributed by atoms with Crippen molar-refractivity contribution in [3.05, 3.63) is 28.8 Å². The van der Waals surface area contributed by atoms with Crippen LogP contribution in [0.2, 0.25) is 5.02 Å². The predicted octanol–water partition coefficient (Wildman–Crippen LogP) is 3.34. The van der Waals surface area contributed by atoms with Crippen LogP contribution in [0.15, 0.2) is 18.2 Å². The van der Waals surface area contributed by atoms with E-state index in [-0.39, 0.29) is 18.6 Å². The van der Waals surface area contributed by atoms with Crippen molar-refractivity contribution in [1.29, 1.82) is 0 Å². The highest BCUT2D eigenvalue weighted by Gasteiger charge is 2.11. The van der Waals surface area contributed by atoms with E-state index in [4.69, 9.17) is 26.8 Å². The first-order valence-corrected chi connectivity index (χ1v) is 7.77. The second-order valence-electron chi connectivity index (χ2n) is 4.99. The van der Waals surface area contributed by atoms with Crippen molar-refractivity contribution in [2.24, 2.45) is 5.73 Å². The summed E-state index contributed by atoms with van der Waals surface area (Å²) in [4.78, 5) is 11.5. The smallest absolute Gasteiger partial charge is 0.344 e. The fourth-order valence-electron chi connectivity index (χ4n) is 1.78. The molecule has 4 nitrogen and oxygen atoms in total. The summed E-state index contributed by atoms with van der Waals surface area (Å²) in [6, 6.07) is 5.37. The zero-order valence-electron chi connectivity index (χ0n) is 12.7. The number of hydrogen-bond acceptors (Lipinski definition) is 4. The fourth-order valence-corrected chi connectivity index (χ4v) is 1.98. The highest BCUT2D eigenvalue weighted by Crippen LogP contribution is 2.24. The molecule has 0 aliphatic heterocycles. The van der Waals surface area contributed by atoms with Gasteiger partial charge in [0.05, 0.1) is 6.61 Å². The summed E-state index contributed by atoms with van der Waals surface area (Å²) >= 11 is 6.00. The summed E-state index contributed by atoms with van der Waals surface area (Å²) in [5.74, 6) is 0.278. The van der Waals surface area contributed by atoms with Crippen LogP contribution in [0, 0.1) is 0 Å². The first kappa shape index (κ1) is 17.8. The number of hydrogen-bond donors (Lipinski definition) is 1. The Morgan fingerprint density at radius 1 is 1.38 bits per heavy atom. The predicted molar refractivity (Wildman–Crippen MR) is 84.8 cm³/mol. The van der Waals surface area contributed by atoms with Crippen LogP contribution in [0.5, 0.6) is 5.75 Å². The molecule has 2 N–H and O–H groups in total. The van der Waals surface area contributed by atoms with Gasteiger partial charge >= 0.3 is 5.97 Å². The van der Waals surface area contributed by atoms with Gasteiger partial charge in [0, 0.05) is 11.1 Å². The van der Waals surface area contributed by atoms with Crippen molar-refractivity contribution in [2.75, 3.05) is 13.2 Å². The number of carbonyl (C=O) groups excluding carboxylic acids is 1. The molecule has 0 saturated carbocycles. The second-order valence-corrected chi connectivity index (χ2v) is 5.42. The van der Waals surface area contributed by atoms with E-state index in [1.807, 2.05) is 19.9 Å². The maximum Gasteiger partial charge on any atom is 0.344 e. The fraction of sp³-hybridized carbons (Fsp3) is 0.562. The molecule has 5 heteroatoms. The Morgan fingerprint density at radius 2 is 2.14 bits per heavy atom. The summed E-state index contributed by atoms with van der Waals surface area (Å²) in [6.07, 6.45) is 3.38. The van der Waals surface area contributed by atoms with Gasteiger partial charge in [0.2, 0.25) is 0 Å². The van der Waals surface area contributed by atoms with E-state index in [9.17, 15) is 4.79 Å². The lowest BCUT2D eigenvalue weighted by Crippen LogP contribution is -2.22. The largest absolute Gasteiger partial charge is 0.482 e. The van der Waals surface area contributed by atoms with E-state index in [0.29, 0.717) is 23.8 Å². The van der Waals surface area contributed by atoms with Gasteiger partial charge in [-0.3, -0.25) is 0 Å². The summed E-state index contributed by atoms with van der Waals surface area (Å²) in [5, 5.41) is 0.631. The second kappa shape index (κ2) is 9.64. The van der Waals surface area contributed by atoms with Crippen molar-refractivity contribution < 1.29 is 14.3 Å². The number of benzene rings is 1. The number of unbranched alkanes of at least 4 members (excludes halogenated alkanes) is 1. The van der Waals surface area contributed by atoms with Crippen LogP contribution in [0.4, 0.5) is 0 Å². The Morgan fingerprint density at radius 3 is 2.81 bits per heavy atom. The zero-order chi connectivity index (χ0) is 15.7. The molecule has 1 aromatic rings.